The smallest absolute Gasteiger partial charge is 0.159 e. The topological polar surface area (TPSA) is 56.2 Å². The van der Waals surface area contributed by atoms with Gasteiger partial charge < -0.3 is 5.73 Å². The molecule has 0 saturated carbocycles. The van der Waals surface area contributed by atoms with Gasteiger partial charge in [-0.25, -0.2) is 4.98 Å². The van der Waals surface area contributed by atoms with E-state index in [1.807, 2.05) is 42.6 Å². The predicted octanol–water partition coefficient (Wildman–Crippen LogP) is 4.34. The molecule has 26 heavy (non-hydrogen) atoms. The molecule has 4 nitrogen and oxygen atoms in total. The van der Waals surface area contributed by atoms with Crippen LogP contribution in [0.25, 0.3) is 28.2 Å². The molecule has 0 bridgehead atoms. The Morgan fingerprint density at radius 2 is 1.54 bits per heavy atom. The van der Waals surface area contributed by atoms with Gasteiger partial charge in [0, 0.05) is 17.3 Å². The molecular formula is C22H22N4. The summed E-state index contributed by atoms with van der Waals surface area (Å²) in [5.41, 5.74) is 11.9. The Labute approximate surface area is 153 Å². The molecule has 2 aromatic heterocycles. The maximum absolute atomic E-state index is 5.64. The lowest BCUT2D eigenvalue weighted by Gasteiger charge is -2.08. The largest absolute Gasteiger partial charge is 0.330 e. The van der Waals surface area contributed by atoms with Crippen molar-refractivity contribution in [2.45, 2.75) is 19.3 Å². The minimum atomic E-state index is 0.710. The van der Waals surface area contributed by atoms with Crippen LogP contribution in [0.15, 0.2) is 73.1 Å². The van der Waals surface area contributed by atoms with Gasteiger partial charge in [0.15, 0.2) is 5.65 Å². The number of fused-ring (bicyclic) bond motifs is 1. The zero-order valence-corrected chi connectivity index (χ0v) is 14.7. The quantitative estimate of drug-likeness (QED) is 0.530. The average molecular weight is 342 g/mol. The van der Waals surface area contributed by atoms with Crippen LogP contribution in [0.4, 0.5) is 0 Å². The van der Waals surface area contributed by atoms with E-state index >= 15 is 0 Å². The molecule has 4 rings (SSSR count). The first kappa shape index (κ1) is 16.5. The number of benzene rings is 2. The molecule has 0 fully saturated rings. The highest BCUT2D eigenvalue weighted by Gasteiger charge is 2.13. The third kappa shape index (κ3) is 3.24. The van der Waals surface area contributed by atoms with Crippen molar-refractivity contribution in [3.05, 3.63) is 78.8 Å². The summed E-state index contributed by atoms with van der Waals surface area (Å²) in [4.78, 5) is 9.65. The van der Waals surface area contributed by atoms with Gasteiger partial charge in [-0.3, -0.25) is 9.38 Å². The van der Waals surface area contributed by atoms with Gasteiger partial charge in [0.05, 0.1) is 23.3 Å². The van der Waals surface area contributed by atoms with Crippen LogP contribution in [0.2, 0.25) is 0 Å². The highest BCUT2D eigenvalue weighted by atomic mass is 15.0. The van der Waals surface area contributed by atoms with Gasteiger partial charge in [0.2, 0.25) is 0 Å². The molecule has 0 aliphatic carbocycles. The van der Waals surface area contributed by atoms with E-state index in [4.69, 9.17) is 15.7 Å². The van der Waals surface area contributed by atoms with Crippen molar-refractivity contribution in [1.82, 2.24) is 14.4 Å². The molecule has 4 aromatic rings. The van der Waals surface area contributed by atoms with Crippen LogP contribution < -0.4 is 5.73 Å². The number of nitrogens with two attached hydrogens (primary N) is 1. The molecule has 2 N–H and O–H groups in total. The molecule has 130 valence electrons. The maximum Gasteiger partial charge on any atom is 0.159 e. The van der Waals surface area contributed by atoms with E-state index in [0.29, 0.717) is 6.54 Å². The molecule has 2 aromatic carbocycles. The second kappa shape index (κ2) is 7.50. The highest BCUT2D eigenvalue weighted by Crippen LogP contribution is 2.26. The Bertz CT molecular complexity index is 991. The molecule has 0 atom stereocenters. The summed E-state index contributed by atoms with van der Waals surface area (Å²) in [5, 5.41) is 0. The van der Waals surface area contributed by atoms with Crippen LogP contribution >= 0.6 is 0 Å². The van der Waals surface area contributed by atoms with E-state index < -0.39 is 0 Å². The zero-order chi connectivity index (χ0) is 17.8. The van der Waals surface area contributed by atoms with Gasteiger partial charge in [-0.15, -0.1) is 0 Å². The zero-order valence-electron chi connectivity index (χ0n) is 14.7. The molecule has 0 radical (unpaired) electrons. The SMILES string of the molecule is NCCCCc1ncc(-c2ccccc2)n2cc(-c3ccccc3)nc12. The third-order valence-corrected chi connectivity index (χ3v) is 4.57. The fourth-order valence-electron chi connectivity index (χ4n) is 3.21. The Balaban J connectivity index is 1.86. The summed E-state index contributed by atoms with van der Waals surface area (Å²) in [7, 11) is 0. The van der Waals surface area contributed by atoms with Gasteiger partial charge in [0.1, 0.15) is 0 Å². The maximum atomic E-state index is 5.64. The summed E-state index contributed by atoms with van der Waals surface area (Å²) in [5.74, 6) is 0. The Kier molecular flexibility index (Phi) is 4.75. The van der Waals surface area contributed by atoms with Crippen molar-refractivity contribution in [3.8, 4) is 22.5 Å². The van der Waals surface area contributed by atoms with Crippen LogP contribution in [-0.2, 0) is 6.42 Å². The Morgan fingerprint density at radius 1 is 0.846 bits per heavy atom. The number of unbranched alkanes of at least 4 members (excludes halogenated alkanes) is 1. The fraction of sp³-hybridized carbons (Fsp3) is 0.182. The first-order valence-electron chi connectivity index (χ1n) is 9.04. The van der Waals surface area contributed by atoms with Gasteiger partial charge in [-0.1, -0.05) is 60.7 Å². The third-order valence-electron chi connectivity index (χ3n) is 4.57. The summed E-state index contributed by atoms with van der Waals surface area (Å²) in [6.45, 7) is 0.710. The molecule has 0 aliphatic heterocycles. The highest BCUT2D eigenvalue weighted by molar-refractivity contribution is 5.69. The number of nitrogens with zero attached hydrogens (tertiary/aromatic N) is 3. The van der Waals surface area contributed by atoms with Crippen molar-refractivity contribution in [2.75, 3.05) is 6.54 Å². The van der Waals surface area contributed by atoms with Gasteiger partial charge in [0.25, 0.3) is 0 Å². The first-order chi connectivity index (χ1) is 12.9. The molecule has 2 heterocycles. The van der Waals surface area contributed by atoms with Gasteiger partial charge in [-0.2, -0.15) is 0 Å². The Hall–Kier alpha value is -2.98. The van der Waals surface area contributed by atoms with Crippen LogP contribution in [0, 0.1) is 0 Å². The minimum Gasteiger partial charge on any atom is -0.330 e. The molecule has 4 heteroatoms. The van der Waals surface area contributed by atoms with Crippen molar-refractivity contribution in [2.24, 2.45) is 5.73 Å². The standard InChI is InChI=1S/C22H22N4/c23-14-8-7-13-19-22-25-20(17-9-3-1-4-10-17)16-26(22)21(15-24-19)18-11-5-2-6-12-18/h1-6,9-12,15-16H,7-8,13-14,23H2. The monoisotopic (exact) mass is 342 g/mol. The fourth-order valence-corrected chi connectivity index (χ4v) is 3.21. The number of rotatable bonds is 6. The summed E-state index contributed by atoms with van der Waals surface area (Å²) in [6, 6.07) is 20.6. The number of aryl methyl sites for hydroxylation is 1. The van der Waals surface area contributed by atoms with E-state index in [1.54, 1.807) is 0 Å². The van der Waals surface area contributed by atoms with Crippen molar-refractivity contribution in [1.29, 1.82) is 0 Å². The van der Waals surface area contributed by atoms with E-state index in [-0.39, 0.29) is 0 Å². The second-order valence-corrected chi connectivity index (χ2v) is 6.39. The molecule has 0 spiro atoms. The van der Waals surface area contributed by atoms with E-state index in [0.717, 1.165) is 53.1 Å². The summed E-state index contributed by atoms with van der Waals surface area (Å²) in [6.07, 6.45) is 6.98. The molecule has 0 saturated heterocycles. The van der Waals surface area contributed by atoms with E-state index in [1.165, 1.54) is 0 Å². The van der Waals surface area contributed by atoms with Crippen LogP contribution in [0.3, 0.4) is 0 Å². The van der Waals surface area contributed by atoms with Crippen molar-refractivity contribution in [3.63, 3.8) is 0 Å². The molecule has 0 amide bonds. The summed E-state index contributed by atoms with van der Waals surface area (Å²) < 4.78 is 2.17. The summed E-state index contributed by atoms with van der Waals surface area (Å²) >= 11 is 0. The number of hydrogen-bond acceptors (Lipinski definition) is 3. The van der Waals surface area contributed by atoms with Crippen molar-refractivity contribution < 1.29 is 0 Å². The number of aromatic nitrogens is 3. The second-order valence-electron chi connectivity index (χ2n) is 6.39. The molecule has 0 unspecified atom stereocenters. The lowest BCUT2D eigenvalue weighted by molar-refractivity contribution is 0.732. The predicted molar refractivity (Wildman–Crippen MR) is 106 cm³/mol. The van der Waals surface area contributed by atoms with E-state index in [9.17, 15) is 0 Å². The normalized spacial score (nSPS) is 11.1. The lowest BCUT2D eigenvalue weighted by Crippen LogP contribution is -2.03. The number of hydrogen-bond donors (Lipinski definition) is 1. The Morgan fingerprint density at radius 3 is 2.23 bits per heavy atom. The lowest BCUT2D eigenvalue weighted by atomic mass is 10.1. The first-order valence-corrected chi connectivity index (χ1v) is 9.04. The van der Waals surface area contributed by atoms with Gasteiger partial charge in [-0.05, 0) is 25.8 Å². The number of imidazole rings is 1. The van der Waals surface area contributed by atoms with Gasteiger partial charge >= 0.3 is 0 Å². The molecule has 0 aliphatic rings. The molecular weight excluding hydrogens is 320 g/mol. The van der Waals surface area contributed by atoms with Crippen LogP contribution in [0.5, 0.6) is 0 Å². The minimum absolute atomic E-state index is 0.710. The van der Waals surface area contributed by atoms with Crippen molar-refractivity contribution >= 4 is 5.65 Å². The average Bonchev–Trinajstić information content (AvgIpc) is 3.15. The van der Waals surface area contributed by atoms with Crippen LogP contribution in [-0.4, -0.2) is 20.9 Å². The van der Waals surface area contributed by atoms with Crippen LogP contribution in [0.1, 0.15) is 18.5 Å². The van der Waals surface area contributed by atoms with E-state index in [2.05, 4.69) is 34.9 Å².